The number of benzene rings is 1. The molecule has 1 aromatic heterocycles. The first-order valence-electron chi connectivity index (χ1n) is 7.99. The highest BCUT2D eigenvalue weighted by Gasteiger charge is 2.23. The lowest BCUT2D eigenvalue weighted by Crippen LogP contribution is -2.29. The van der Waals surface area contributed by atoms with E-state index in [1.807, 2.05) is 30.1 Å². The fourth-order valence-corrected chi connectivity index (χ4v) is 3.25. The van der Waals surface area contributed by atoms with Crippen LogP contribution in [-0.4, -0.2) is 22.4 Å². The maximum absolute atomic E-state index is 12.9. The van der Waals surface area contributed by atoms with E-state index < -0.39 is 0 Å². The van der Waals surface area contributed by atoms with Gasteiger partial charge in [-0.15, -0.1) is 0 Å². The highest BCUT2D eigenvalue weighted by molar-refractivity contribution is 5.94. The molecule has 2 aromatic rings. The summed E-state index contributed by atoms with van der Waals surface area (Å²) < 4.78 is 2.15. The van der Waals surface area contributed by atoms with Crippen LogP contribution >= 0.6 is 0 Å². The van der Waals surface area contributed by atoms with Crippen molar-refractivity contribution >= 4 is 5.91 Å². The summed E-state index contributed by atoms with van der Waals surface area (Å²) in [5, 5.41) is 0. The molecule has 1 heterocycles. The van der Waals surface area contributed by atoms with Crippen molar-refractivity contribution in [3.63, 3.8) is 0 Å². The molecule has 0 aliphatic rings. The van der Waals surface area contributed by atoms with E-state index in [0.29, 0.717) is 6.54 Å². The smallest absolute Gasteiger partial charge is 0.270 e. The van der Waals surface area contributed by atoms with Gasteiger partial charge in [0.15, 0.2) is 0 Å². The summed E-state index contributed by atoms with van der Waals surface area (Å²) in [6.45, 7) is 9.89. The average molecular weight is 298 g/mol. The Kier molecular flexibility index (Phi) is 5.07. The highest BCUT2D eigenvalue weighted by Crippen LogP contribution is 2.24. The van der Waals surface area contributed by atoms with Crippen LogP contribution in [0.5, 0.6) is 0 Å². The molecule has 3 heteroatoms. The molecule has 0 aliphatic carbocycles. The van der Waals surface area contributed by atoms with Gasteiger partial charge in [0.25, 0.3) is 5.91 Å². The highest BCUT2D eigenvalue weighted by atomic mass is 16.2. The minimum Gasteiger partial charge on any atom is -0.341 e. The fraction of sp³-hybridized carbons (Fsp3) is 0.421. The molecule has 2 rings (SSSR count). The summed E-state index contributed by atoms with van der Waals surface area (Å²) in [4.78, 5) is 14.7. The summed E-state index contributed by atoms with van der Waals surface area (Å²) in [5.41, 5.74) is 5.65. The van der Waals surface area contributed by atoms with Crippen molar-refractivity contribution in [3.8, 4) is 0 Å². The number of carbonyl (C=O) groups excluding carboxylic acids is 1. The van der Waals surface area contributed by atoms with Crippen LogP contribution in [0, 0.1) is 13.8 Å². The van der Waals surface area contributed by atoms with Gasteiger partial charge in [-0.1, -0.05) is 37.3 Å². The third-order valence-corrected chi connectivity index (χ3v) is 4.40. The van der Waals surface area contributed by atoms with Crippen molar-refractivity contribution in [3.05, 3.63) is 58.4 Å². The molecule has 0 saturated carbocycles. The molecule has 0 N–H and O–H groups in total. The molecular formula is C19H26N2O. The monoisotopic (exact) mass is 298 g/mol. The minimum atomic E-state index is 0.103. The van der Waals surface area contributed by atoms with Gasteiger partial charge in [-0.25, -0.2) is 0 Å². The van der Waals surface area contributed by atoms with Crippen molar-refractivity contribution in [2.24, 2.45) is 0 Å². The molecule has 3 nitrogen and oxygen atoms in total. The molecule has 0 saturated heterocycles. The maximum atomic E-state index is 12.9. The zero-order valence-corrected chi connectivity index (χ0v) is 14.3. The largest absolute Gasteiger partial charge is 0.341 e. The van der Waals surface area contributed by atoms with Crippen LogP contribution in [-0.2, 0) is 19.5 Å². The maximum Gasteiger partial charge on any atom is 0.270 e. The van der Waals surface area contributed by atoms with Crippen LogP contribution in [0.4, 0.5) is 0 Å². The molecular weight excluding hydrogens is 272 g/mol. The van der Waals surface area contributed by atoms with Crippen molar-refractivity contribution in [2.45, 2.75) is 47.2 Å². The van der Waals surface area contributed by atoms with E-state index in [1.165, 1.54) is 11.3 Å². The van der Waals surface area contributed by atoms with E-state index in [1.54, 1.807) is 0 Å². The Labute approximate surface area is 133 Å². The molecule has 22 heavy (non-hydrogen) atoms. The van der Waals surface area contributed by atoms with Gasteiger partial charge in [-0.2, -0.15) is 0 Å². The van der Waals surface area contributed by atoms with E-state index in [2.05, 4.69) is 44.4 Å². The van der Waals surface area contributed by atoms with Gasteiger partial charge >= 0.3 is 0 Å². The second-order valence-electron chi connectivity index (χ2n) is 5.78. The molecule has 1 amide bonds. The number of rotatable bonds is 5. The van der Waals surface area contributed by atoms with Crippen LogP contribution in [0.2, 0.25) is 0 Å². The first-order valence-corrected chi connectivity index (χ1v) is 7.99. The predicted molar refractivity (Wildman–Crippen MR) is 91.2 cm³/mol. The number of nitrogens with zero attached hydrogens (tertiary/aromatic N) is 2. The number of hydrogen-bond donors (Lipinski definition) is 0. The Morgan fingerprint density at radius 3 is 2.32 bits per heavy atom. The second-order valence-corrected chi connectivity index (χ2v) is 5.78. The Bertz CT molecular complexity index is 656. The lowest BCUT2D eigenvalue weighted by molar-refractivity contribution is 0.0773. The lowest BCUT2D eigenvalue weighted by atomic mass is 10.1. The third-order valence-electron chi connectivity index (χ3n) is 4.40. The van der Waals surface area contributed by atoms with Crippen molar-refractivity contribution in [1.29, 1.82) is 0 Å². The summed E-state index contributed by atoms with van der Waals surface area (Å²) in [6.07, 6.45) is 0.966. The quantitative estimate of drug-likeness (QED) is 0.820. The number of hydrogen-bond acceptors (Lipinski definition) is 1. The second kappa shape index (κ2) is 6.82. The SMILES string of the molecule is CCc1c(C)c(C(=O)N(C)Cc2ccccc2)n(CC)c1C. The molecule has 118 valence electrons. The first kappa shape index (κ1) is 16.3. The predicted octanol–water partition coefficient (Wildman–Crippen LogP) is 3.96. The molecule has 0 aliphatic heterocycles. The minimum absolute atomic E-state index is 0.103. The van der Waals surface area contributed by atoms with E-state index in [0.717, 1.165) is 29.8 Å². The van der Waals surface area contributed by atoms with Gasteiger partial charge in [0.1, 0.15) is 5.69 Å². The van der Waals surface area contributed by atoms with E-state index in [9.17, 15) is 4.79 Å². The molecule has 0 fully saturated rings. The lowest BCUT2D eigenvalue weighted by Gasteiger charge is -2.19. The van der Waals surface area contributed by atoms with Gasteiger partial charge in [-0.05, 0) is 43.9 Å². The van der Waals surface area contributed by atoms with Crippen molar-refractivity contribution in [2.75, 3.05) is 7.05 Å². The molecule has 0 bridgehead atoms. The molecule has 0 spiro atoms. The number of aromatic nitrogens is 1. The third kappa shape index (κ3) is 2.94. The van der Waals surface area contributed by atoms with Gasteiger partial charge < -0.3 is 9.47 Å². The fourth-order valence-electron chi connectivity index (χ4n) is 3.25. The Hall–Kier alpha value is -2.03. The Morgan fingerprint density at radius 1 is 1.14 bits per heavy atom. The Morgan fingerprint density at radius 2 is 1.77 bits per heavy atom. The van der Waals surface area contributed by atoms with Crippen LogP contribution < -0.4 is 0 Å². The zero-order valence-electron chi connectivity index (χ0n) is 14.3. The Balaban J connectivity index is 2.33. The first-order chi connectivity index (χ1) is 10.5. The van der Waals surface area contributed by atoms with Crippen LogP contribution in [0.25, 0.3) is 0 Å². The standard InChI is InChI=1S/C19H26N2O/c1-6-17-14(3)18(21(7-2)15(17)4)19(22)20(5)13-16-11-9-8-10-12-16/h8-12H,6-7,13H2,1-5H3. The number of amides is 1. The summed E-state index contributed by atoms with van der Waals surface area (Å²) in [7, 11) is 1.88. The normalized spacial score (nSPS) is 10.8. The number of carbonyl (C=O) groups is 1. The molecule has 0 radical (unpaired) electrons. The van der Waals surface area contributed by atoms with E-state index >= 15 is 0 Å². The summed E-state index contributed by atoms with van der Waals surface area (Å²) in [6, 6.07) is 10.1. The van der Waals surface area contributed by atoms with Crippen LogP contribution in [0.3, 0.4) is 0 Å². The van der Waals surface area contributed by atoms with Gasteiger partial charge in [0.05, 0.1) is 0 Å². The van der Waals surface area contributed by atoms with Crippen molar-refractivity contribution < 1.29 is 4.79 Å². The summed E-state index contributed by atoms with van der Waals surface area (Å²) in [5.74, 6) is 0.103. The van der Waals surface area contributed by atoms with Gasteiger partial charge in [-0.3, -0.25) is 4.79 Å². The van der Waals surface area contributed by atoms with Crippen LogP contribution in [0.15, 0.2) is 30.3 Å². The zero-order chi connectivity index (χ0) is 16.3. The molecule has 1 aromatic carbocycles. The average Bonchev–Trinajstić information content (AvgIpc) is 2.77. The topological polar surface area (TPSA) is 25.2 Å². The summed E-state index contributed by atoms with van der Waals surface area (Å²) >= 11 is 0. The van der Waals surface area contributed by atoms with Crippen molar-refractivity contribution in [1.82, 2.24) is 9.47 Å². The molecule has 0 atom stereocenters. The van der Waals surface area contributed by atoms with Gasteiger partial charge in [0.2, 0.25) is 0 Å². The van der Waals surface area contributed by atoms with Gasteiger partial charge in [0, 0.05) is 25.8 Å². The van der Waals surface area contributed by atoms with E-state index in [-0.39, 0.29) is 5.91 Å². The van der Waals surface area contributed by atoms with Crippen LogP contribution in [0.1, 0.15) is 46.7 Å². The van der Waals surface area contributed by atoms with E-state index in [4.69, 9.17) is 0 Å². The molecule has 0 unspecified atom stereocenters.